The second kappa shape index (κ2) is 18.4. The quantitative estimate of drug-likeness (QED) is 0.251. The van der Waals surface area contributed by atoms with Crippen molar-refractivity contribution in [1.29, 1.82) is 0 Å². The Labute approximate surface area is 133 Å². The Hall–Kier alpha value is 0.310. The predicted octanol–water partition coefficient (Wildman–Crippen LogP) is 6.35. The highest BCUT2D eigenvalue weighted by Gasteiger charge is 2.04. The van der Waals surface area contributed by atoms with Gasteiger partial charge in [0.15, 0.2) is 0 Å². The normalized spacial score (nSPS) is 12.7. The zero-order valence-corrected chi connectivity index (χ0v) is 15.2. The van der Waals surface area contributed by atoms with Crippen LogP contribution in [0.15, 0.2) is 0 Å². The van der Waals surface area contributed by atoms with Gasteiger partial charge in [0.2, 0.25) is 0 Å². The van der Waals surface area contributed by atoms with E-state index in [1.54, 1.807) is 0 Å². The molecule has 1 N–H and O–H groups in total. The highest BCUT2D eigenvalue weighted by molar-refractivity contribution is 7.40. The van der Waals surface area contributed by atoms with E-state index >= 15 is 0 Å². The summed E-state index contributed by atoms with van der Waals surface area (Å²) in [7, 11) is -1.63. The van der Waals surface area contributed by atoms with Gasteiger partial charge in [-0.15, -0.1) is 0 Å². The lowest BCUT2D eigenvalue weighted by molar-refractivity contribution is 0.197. The fourth-order valence-corrected chi connectivity index (χ4v) is 2.99. The minimum atomic E-state index is -1.63. The summed E-state index contributed by atoms with van der Waals surface area (Å²) in [6, 6.07) is 0. The molecule has 0 saturated carbocycles. The van der Waals surface area contributed by atoms with Crippen molar-refractivity contribution in [2.45, 2.75) is 97.3 Å². The molecule has 21 heavy (non-hydrogen) atoms. The van der Waals surface area contributed by atoms with Gasteiger partial charge in [0.1, 0.15) is 0 Å². The van der Waals surface area contributed by atoms with Gasteiger partial charge < -0.3 is 13.9 Å². The van der Waals surface area contributed by atoms with Crippen LogP contribution in [0.2, 0.25) is 0 Å². The zero-order valence-electron chi connectivity index (χ0n) is 14.3. The molecule has 0 aliphatic carbocycles. The molecule has 0 amide bonds. The largest absolute Gasteiger partial charge is 0.329 e. The first-order valence-corrected chi connectivity index (χ1v) is 10.2. The Morgan fingerprint density at radius 3 is 1.48 bits per heavy atom. The fourth-order valence-electron chi connectivity index (χ4n) is 2.29. The monoisotopic (exact) mass is 320 g/mol. The van der Waals surface area contributed by atoms with Crippen molar-refractivity contribution in [3.63, 3.8) is 0 Å². The maximum Gasteiger partial charge on any atom is 0.329 e. The maximum atomic E-state index is 9.38. The molecular formula is C17H37O3P. The van der Waals surface area contributed by atoms with Gasteiger partial charge in [-0.25, -0.2) is 0 Å². The van der Waals surface area contributed by atoms with Crippen molar-refractivity contribution in [3.8, 4) is 0 Å². The van der Waals surface area contributed by atoms with Crippen LogP contribution in [-0.4, -0.2) is 18.1 Å². The van der Waals surface area contributed by atoms with Crippen LogP contribution in [0.4, 0.5) is 0 Å². The van der Waals surface area contributed by atoms with Crippen molar-refractivity contribution in [2.75, 3.05) is 13.2 Å². The molecule has 0 rings (SSSR count). The van der Waals surface area contributed by atoms with Crippen molar-refractivity contribution in [1.82, 2.24) is 0 Å². The van der Waals surface area contributed by atoms with Gasteiger partial charge in [0, 0.05) is 0 Å². The maximum absolute atomic E-state index is 9.38. The van der Waals surface area contributed by atoms with Crippen LogP contribution in [0.5, 0.6) is 0 Å². The summed E-state index contributed by atoms with van der Waals surface area (Å²) in [4.78, 5) is 9.38. The minimum Gasteiger partial charge on any atom is -0.328 e. The Kier molecular flexibility index (Phi) is 18.6. The van der Waals surface area contributed by atoms with Gasteiger partial charge in [-0.05, 0) is 12.8 Å². The van der Waals surface area contributed by atoms with Crippen molar-refractivity contribution < 1.29 is 13.9 Å². The van der Waals surface area contributed by atoms with Gasteiger partial charge >= 0.3 is 8.60 Å². The first kappa shape index (κ1) is 21.3. The third-order valence-corrected chi connectivity index (χ3v) is 4.41. The topological polar surface area (TPSA) is 38.7 Å². The Bertz CT molecular complexity index is 191. The summed E-state index contributed by atoms with van der Waals surface area (Å²) < 4.78 is 10.3. The second-order valence-corrected chi connectivity index (χ2v) is 6.79. The molecule has 0 fully saturated rings. The van der Waals surface area contributed by atoms with Crippen molar-refractivity contribution >= 4 is 8.60 Å². The van der Waals surface area contributed by atoms with E-state index in [2.05, 4.69) is 6.92 Å². The third-order valence-electron chi connectivity index (χ3n) is 3.61. The Balaban J connectivity index is 3.02. The van der Waals surface area contributed by atoms with Crippen LogP contribution in [0.1, 0.15) is 97.3 Å². The lowest BCUT2D eigenvalue weighted by atomic mass is 10.1. The smallest absolute Gasteiger partial charge is 0.328 e. The molecule has 0 aliphatic heterocycles. The third kappa shape index (κ3) is 18.3. The molecule has 0 aromatic carbocycles. The van der Waals surface area contributed by atoms with Crippen LogP contribution in [0.25, 0.3) is 0 Å². The first-order chi connectivity index (χ1) is 10.3. The van der Waals surface area contributed by atoms with E-state index in [1.165, 1.54) is 70.6 Å². The zero-order chi connectivity index (χ0) is 15.6. The summed E-state index contributed by atoms with van der Waals surface area (Å²) in [5.74, 6) is 0. The van der Waals surface area contributed by atoms with E-state index in [0.717, 1.165) is 12.8 Å². The predicted molar refractivity (Wildman–Crippen MR) is 92.4 cm³/mol. The second-order valence-electron chi connectivity index (χ2n) is 5.79. The van der Waals surface area contributed by atoms with Crippen LogP contribution in [0, 0.1) is 0 Å². The van der Waals surface area contributed by atoms with Crippen LogP contribution in [0.3, 0.4) is 0 Å². The molecule has 0 aliphatic rings. The fraction of sp³-hybridized carbons (Fsp3) is 1.00. The summed E-state index contributed by atoms with van der Waals surface area (Å²) in [6.07, 6.45) is 17.0. The number of hydrogen-bond donors (Lipinski definition) is 1. The van der Waals surface area contributed by atoms with Crippen LogP contribution in [-0.2, 0) is 9.05 Å². The van der Waals surface area contributed by atoms with E-state index < -0.39 is 8.60 Å². The van der Waals surface area contributed by atoms with E-state index in [1.807, 2.05) is 6.92 Å². The summed E-state index contributed by atoms with van der Waals surface area (Å²) in [5, 5.41) is 0. The summed E-state index contributed by atoms with van der Waals surface area (Å²) in [5.41, 5.74) is 0. The average Bonchev–Trinajstić information content (AvgIpc) is 2.49. The molecule has 1 atom stereocenters. The highest BCUT2D eigenvalue weighted by Crippen LogP contribution is 2.32. The molecule has 0 aromatic rings. The average molecular weight is 320 g/mol. The lowest BCUT2D eigenvalue weighted by Crippen LogP contribution is -1.94. The molecule has 0 radical (unpaired) electrons. The molecule has 1 unspecified atom stereocenters. The number of hydrogen-bond acceptors (Lipinski definition) is 3. The molecule has 4 heteroatoms. The first-order valence-electron chi connectivity index (χ1n) is 9.06. The lowest BCUT2D eigenvalue weighted by Gasteiger charge is -2.09. The van der Waals surface area contributed by atoms with E-state index in [-0.39, 0.29) is 0 Å². The van der Waals surface area contributed by atoms with Crippen molar-refractivity contribution in [2.24, 2.45) is 0 Å². The number of unbranched alkanes of at least 4 members (excludes halogenated alkanes) is 11. The van der Waals surface area contributed by atoms with Crippen LogP contribution >= 0.6 is 8.60 Å². The SMILES string of the molecule is CCCCCCCCCCCCCCOP(O)OCCC. The molecule has 0 saturated heterocycles. The Morgan fingerprint density at radius 1 is 0.571 bits per heavy atom. The van der Waals surface area contributed by atoms with Gasteiger partial charge in [-0.2, -0.15) is 0 Å². The molecule has 3 nitrogen and oxygen atoms in total. The molecule has 0 spiro atoms. The molecule has 0 heterocycles. The van der Waals surface area contributed by atoms with Crippen molar-refractivity contribution in [3.05, 3.63) is 0 Å². The van der Waals surface area contributed by atoms with Gasteiger partial charge in [-0.1, -0.05) is 84.5 Å². The minimum absolute atomic E-state index is 0.584. The molecular weight excluding hydrogens is 283 g/mol. The van der Waals surface area contributed by atoms with Gasteiger partial charge in [0.05, 0.1) is 13.2 Å². The molecule has 0 bridgehead atoms. The van der Waals surface area contributed by atoms with E-state index in [0.29, 0.717) is 13.2 Å². The summed E-state index contributed by atoms with van der Waals surface area (Å²) in [6.45, 7) is 5.50. The molecule has 0 aromatic heterocycles. The number of rotatable bonds is 17. The van der Waals surface area contributed by atoms with Crippen LogP contribution < -0.4 is 0 Å². The summed E-state index contributed by atoms with van der Waals surface area (Å²) >= 11 is 0. The van der Waals surface area contributed by atoms with E-state index in [9.17, 15) is 4.89 Å². The van der Waals surface area contributed by atoms with E-state index in [4.69, 9.17) is 9.05 Å². The Morgan fingerprint density at radius 2 is 1.00 bits per heavy atom. The highest BCUT2D eigenvalue weighted by atomic mass is 31.2. The van der Waals surface area contributed by atoms with Gasteiger partial charge in [-0.3, -0.25) is 0 Å². The standard InChI is InChI=1S/C17H37O3P/c1-3-5-6-7-8-9-10-11-12-13-14-15-17-20-21(18)19-16-4-2/h18H,3-17H2,1-2H3. The van der Waals surface area contributed by atoms with Gasteiger partial charge in [0.25, 0.3) is 0 Å². The molecule has 128 valence electrons.